The van der Waals surface area contributed by atoms with Crippen molar-refractivity contribution < 1.29 is 22.7 Å². The number of ether oxygens (including phenoxy) is 1. The topological polar surface area (TPSA) is 166 Å². The molecular formula is C24H25FN6O4S. The Hall–Kier alpha value is -4.03. The van der Waals surface area contributed by atoms with Crippen molar-refractivity contribution in [2.75, 3.05) is 35.2 Å². The SMILES string of the molecule is CCCS(=O)(=O)Nc1cccc(-c2cc(OCCO)c3nc(-c4ccc(N)nc4)nc(N)c3c2)c1F. The van der Waals surface area contributed by atoms with Crippen LogP contribution in [0.4, 0.5) is 21.7 Å². The standard InChI is InChI=1S/C24H25FN6O4S/c1-2-10-36(33,34)31-18-5-3-4-16(21(18)25)15-11-17-22(19(12-15)35-9-8-32)29-24(30-23(17)27)14-6-7-20(26)28-13-14/h3-7,11-13,31-32H,2,8-10H2,1H3,(H2,26,28)(H2,27,29,30). The number of aromatic nitrogens is 3. The Bertz CT molecular complexity index is 1510. The summed E-state index contributed by atoms with van der Waals surface area (Å²) in [6.07, 6.45) is 1.90. The molecule has 0 radical (unpaired) electrons. The minimum absolute atomic E-state index is 0.0411. The molecule has 0 aliphatic heterocycles. The maximum Gasteiger partial charge on any atom is 0.232 e. The van der Waals surface area contributed by atoms with Gasteiger partial charge >= 0.3 is 0 Å². The number of rotatable bonds is 9. The Labute approximate surface area is 207 Å². The molecule has 0 aliphatic rings. The van der Waals surface area contributed by atoms with E-state index in [0.29, 0.717) is 34.3 Å². The molecule has 6 N–H and O–H groups in total. The molecule has 4 rings (SSSR count). The fourth-order valence-electron chi connectivity index (χ4n) is 3.63. The first-order chi connectivity index (χ1) is 17.2. The zero-order valence-electron chi connectivity index (χ0n) is 19.4. The Morgan fingerprint density at radius 2 is 1.92 bits per heavy atom. The molecule has 2 aromatic heterocycles. The quantitative estimate of drug-likeness (QED) is 0.263. The summed E-state index contributed by atoms with van der Waals surface area (Å²) in [7, 11) is -3.70. The molecule has 0 fully saturated rings. The number of nitrogen functional groups attached to an aromatic ring is 2. The number of hydrogen-bond acceptors (Lipinski definition) is 9. The summed E-state index contributed by atoms with van der Waals surface area (Å²) in [5.41, 5.74) is 13.2. The third kappa shape index (κ3) is 5.29. The van der Waals surface area contributed by atoms with Gasteiger partial charge in [0.1, 0.15) is 29.5 Å². The number of fused-ring (bicyclic) bond motifs is 1. The lowest BCUT2D eigenvalue weighted by molar-refractivity contribution is 0.202. The number of anilines is 3. The first-order valence-corrected chi connectivity index (χ1v) is 12.7. The van der Waals surface area contributed by atoms with Crippen LogP contribution in [0.3, 0.4) is 0 Å². The van der Waals surface area contributed by atoms with Crippen LogP contribution in [-0.2, 0) is 10.0 Å². The van der Waals surface area contributed by atoms with E-state index in [9.17, 15) is 13.5 Å². The summed E-state index contributed by atoms with van der Waals surface area (Å²) < 4.78 is 47.8. The molecular weight excluding hydrogens is 487 g/mol. The van der Waals surface area contributed by atoms with Crippen molar-refractivity contribution in [1.82, 2.24) is 15.0 Å². The summed E-state index contributed by atoms with van der Waals surface area (Å²) in [4.78, 5) is 13.0. The normalized spacial score (nSPS) is 11.5. The third-order valence-corrected chi connectivity index (χ3v) is 6.71. The highest BCUT2D eigenvalue weighted by Crippen LogP contribution is 2.37. The van der Waals surface area contributed by atoms with Crippen LogP contribution in [0.15, 0.2) is 48.7 Å². The number of halogens is 1. The number of aliphatic hydroxyl groups excluding tert-OH is 1. The fourth-order valence-corrected chi connectivity index (χ4v) is 4.76. The summed E-state index contributed by atoms with van der Waals surface area (Å²) in [5.74, 6) is 0.0898. The number of nitrogens with zero attached hydrogens (tertiary/aromatic N) is 3. The van der Waals surface area contributed by atoms with Gasteiger partial charge in [0.15, 0.2) is 11.6 Å². The molecule has 12 heteroatoms. The zero-order valence-corrected chi connectivity index (χ0v) is 20.2. The lowest BCUT2D eigenvalue weighted by Crippen LogP contribution is -2.17. The van der Waals surface area contributed by atoms with Gasteiger partial charge in [-0.3, -0.25) is 4.72 Å². The number of nitrogens with one attached hydrogen (secondary N) is 1. The van der Waals surface area contributed by atoms with Gasteiger partial charge in [-0.15, -0.1) is 0 Å². The number of sulfonamides is 1. The van der Waals surface area contributed by atoms with Gasteiger partial charge in [0.25, 0.3) is 0 Å². The lowest BCUT2D eigenvalue weighted by Gasteiger charge is -2.15. The maximum atomic E-state index is 15.4. The molecule has 36 heavy (non-hydrogen) atoms. The van der Waals surface area contributed by atoms with E-state index in [2.05, 4.69) is 19.7 Å². The van der Waals surface area contributed by atoms with Crippen LogP contribution in [-0.4, -0.2) is 47.4 Å². The van der Waals surface area contributed by atoms with Crippen molar-refractivity contribution >= 4 is 38.2 Å². The molecule has 0 aliphatic carbocycles. The minimum atomic E-state index is -3.70. The second-order valence-corrected chi connectivity index (χ2v) is 9.78. The van der Waals surface area contributed by atoms with Crippen LogP contribution in [0.2, 0.25) is 0 Å². The summed E-state index contributed by atoms with van der Waals surface area (Å²) in [6.45, 7) is 1.42. The van der Waals surface area contributed by atoms with Gasteiger partial charge in [-0.1, -0.05) is 19.1 Å². The molecule has 0 bridgehead atoms. The van der Waals surface area contributed by atoms with Gasteiger partial charge in [-0.05, 0) is 42.3 Å². The van der Waals surface area contributed by atoms with Crippen LogP contribution < -0.4 is 20.9 Å². The van der Waals surface area contributed by atoms with Gasteiger partial charge in [0.2, 0.25) is 10.0 Å². The van der Waals surface area contributed by atoms with E-state index in [1.807, 2.05) is 0 Å². The highest BCUT2D eigenvalue weighted by Gasteiger charge is 2.19. The van der Waals surface area contributed by atoms with Gasteiger partial charge in [-0.25, -0.2) is 27.8 Å². The molecule has 0 unspecified atom stereocenters. The van der Waals surface area contributed by atoms with Crippen LogP contribution in [0, 0.1) is 5.82 Å². The van der Waals surface area contributed by atoms with Crippen molar-refractivity contribution in [3.8, 4) is 28.3 Å². The molecule has 0 amide bonds. The highest BCUT2D eigenvalue weighted by molar-refractivity contribution is 7.92. The summed E-state index contributed by atoms with van der Waals surface area (Å²) in [5, 5.41) is 9.70. The number of hydrogen-bond donors (Lipinski definition) is 4. The number of nitrogens with two attached hydrogens (primary N) is 2. The molecule has 4 aromatic rings. The van der Waals surface area contributed by atoms with E-state index in [1.165, 1.54) is 24.4 Å². The van der Waals surface area contributed by atoms with Crippen LogP contribution in [0.25, 0.3) is 33.4 Å². The fraction of sp³-hybridized carbons (Fsp3) is 0.208. The van der Waals surface area contributed by atoms with Crippen LogP contribution >= 0.6 is 0 Å². The molecule has 0 atom stereocenters. The largest absolute Gasteiger partial charge is 0.489 e. The second-order valence-electron chi connectivity index (χ2n) is 7.93. The average molecular weight is 513 g/mol. The molecule has 10 nitrogen and oxygen atoms in total. The first-order valence-electron chi connectivity index (χ1n) is 11.1. The predicted octanol–water partition coefficient (Wildman–Crippen LogP) is 3.19. The Kier molecular flexibility index (Phi) is 7.17. The van der Waals surface area contributed by atoms with Crippen molar-refractivity contribution in [2.45, 2.75) is 13.3 Å². The van der Waals surface area contributed by atoms with Crippen molar-refractivity contribution in [3.63, 3.8) is 0 Å². The van der Waals surface area contributed by atoms with E-state index in [-0.39, 0.29) is 47.6 Å². The zero-order chi connectivity index (χ0) is 25.9. The summed E-state index contributed by atoms with van der Waals surface area (Å²) in [6, 6.07) is 10.9. The molecule has 0 saturated heterocycles. The Morgan fingerprint density at radius 3 is 2.61 bits per heavy atom. The van der Waals surface area contributed by atoms with Gasteiger partial charge in [0.05, 0.1) is 18.0 Å². The highest BCUT2D eigenvalue weighted by atomic mass is 32.2. The van der Waals surface area contributed by atoms with Crippen molar-refractivity contribution in [1.29, 1.82) is 0 Å². The first kappa shape index (κ1) is 25.1. The van der Waals surface area contributed by atoms with Crippen LogP contribution in [0.1, 0.15) is 13.3 Å². The van der Waals surface area contributed by atoms with Crippen LogP contribution in [0.5, 0.6) is 5.75 Å². The Balaban J connectivity index is 1.86. The van der Waals surface area contributed by atoms with E-state index in [4.69, 9.17) is 16.2 Å². The van der Waals surface area contributed by atoms with E-state index in [1.54, 1.807) is 31.2 Å². The molecule has 2 heterocycles. The third-order valence-electron chi connectivity index (χ3n) is 5.24. The second kappa shape index (κ2) is 10.3. The maximum absolute atomic E-state index is 15.4. The molecule has 0 saturated carbocycles. The Morgan fingerprint density at radius 1 is 1.11 bits per heavy atom. The number of pyridine rings is 1. The van der Waals surface area contributed by atoms with Gasteiger partial charge < -0.3 is 21.3 Å². The summed E-state index contributed by atoms with van der Waals surface area (Å²) >= 11 is 0. The minimum Gasteiger partial charge on any atom is -0.489 e. The van der Waals surface area contributed by atoms with E-state index >= 15 is 4.39 Å². The van der Waals surface area contributed by atoms with E-state index in [0.717, 1.165) is 0 Å². The molecule has 188 valence electrons. The molecule has 0 spiro atoms. The van der Waals surface area contributed by atoms with Crippen molar-refractivity contribution in [2.24, 2.45) is 0 Å². The number of benzene rings is 2. The van der Waals surface area contributed by atoms with Gasteiger partial charge in [-0.2, -0.15) is 0 Å². The monoisotopic (exact) mass is 512 g/mol. The average Bonchev–Trinajstić information content (AvgIpc) is 2.84. The predicted molar refractivity (Wildman–Crippen MR) is 137 cm³/mol. The van der Waals surface area contributed by atoms with Gasteiger partial charge in [0, 0.05) is 22.7 Å². The molecule has 2 aromatic carbocycles. The lowest BCUT2D eigenvalue weighted by atomic mass is 10.0. The smallest absolute Gasteiger partial charge is 0.232 e. The van der Waals surface area contributed by atoms with E-state index < -0.39 is 15.8 Å². The van der Waals surface area contributed by atoms with Crippen molar-refractivity contribution in [3.05, 3.63) is 54.5 Å². The number of aliphatic hydroxyl groups is 1.